The van der Waals surface area contributed by atoms with Crippen LogP contribution in [0.5, 0.6) is 0 Å². The summed E-state index contributed by atoms with van der Waals surface area (Å²) in [6, 6.07) is 20.4. The Morgan fingerprint density at radius 3 is 2.27 bits per heavy atom. The zero-order chi connectivity index (χ0) is 20.5. The Hall–Kier alpha value is -2.90. The Labute approximate surface area is 183 Å². The Bertz CT molecular complexity index is 1150. The summed E-state index contributed by atoms with van der Waals surface area (Å²) in [5.41, 5.74) is 4.35. The SMILES string of the molecule is Cn1c(SCC(=O)N2c3ccccc3CCc3ccccc32)nnc1-c1cccs1. The number of aryl methyl sites for hydroxylation is 2. The number of thiophene rings is 1. The lowest BCUT2D eigenvalue weighted by Crippen LogP contribution is -2.28. The first-order valence-corrected chi connectivity index (χ1v) is 11.6. The van der Waals surface area contributed by atoms with E-state index in [1.807, 2.05) is 70.4 Å². The Balaban J connectivity index is 1.43. The number of anilines is 2. The number of hydrogen-bond donors (Lipinski definition) is 0. The molecule has 7 heteroatoms. The second kappa shape index (κ2) is 8.08. The van der Waals surface area contributed by atoms with Crippen molar-refractivity contribution in [3.63, 3.8) is 0 Å². The average Bonchev–Trinajstić information content (AvgIpc) is 3.38. The number of benzene rings is 2. The molecule has 0 fully saturated rings. The molecule has 0 radical (unpaired) electrons. The number of fused-ring (bicyclic) bond motifs is 2. The number of para-hydroxylation sites is 2. The fourth-order valence-electron chi connectivity index (χ4n) is 3.80. The normalized spacial score (nSPS) is 12.9. The average molecular weight is 433 g/mol. The van der Waals surface area contributed by atoms with E-state index in [9.17, 15) is 4.79 Å². The quantitative estimate of drug-likeness (QED) is 0.421. The van der Waals surface area contributed by atoms with Crippen molar-refractivity contribution < 1.29 is 4.79 Å². The van der Waals surface area contributed by atoms with Crippen molar-refractivity contribution in [3.05, 3.63) is 77.2 Å². The molecule has 0 spiro atoms. The first kappa shape index (κ1) is 19.1. The molecule has 2 aromatic carbocycles. The van der Waals surface area contributed by atoms with E-state index in [1.54, 1.807) is 11.3 Å². The van der Waals surface area contributed by atoms with Gasteiger partial charge in [-0.25, -0.2) is 0 Å². The molecule has 3 heterocycles. The van der Waals surface area contributed by atoms with Crippen molar-refractivity contribution in [3.8, 4) is 10.7 Å². The number of carbonyl (C=O) groups excluding carboxylic acids is 1. The third-order valence-electron chi connectivity index (χ3n) is 5.28. The minimum absolute atomic E-state index is 0.0440. The van der Waals surface area contributed by atoms with Crippen LogP contribution in [0.4, 0.5) is 11.4 Å². The maximum Gasteiger partial charge on any atom is 0.242 e. The van der Waals surface area contributed by atoms with Gasteiger partial charge in [-0.1, -0.05) is 54.2 Å². The van der Waals surface area contributed by atoms with Gasteiger partial charge in [0.1, 0.15) is 0 Å². The number of carbonyl (C=O) groups is 1. The maximum absolute atomic E-state index is 13.4. The van der Waals surface area contributed by atoms with E-state index in [1.165, 1.54) is 22.9 Å². The summed E-state index contributed by atoms with van der Waals surface area (Å²) in [7, 11) is 1.94. The third kappa shape index (κ3) is 3.44. The van der Waals surface area contributed by atoms with Crippen LogP contribution >= 0.6 is 23.1 Å². The van der Waals surface area contributed by atoms with Crippen molar-refractivity contribution in [2.45, 2.75) is 18.0 Å². The predicted octanol–water partition coefficient (Wildman–Crippen LogP) is 5.10. The minimum atomic E-state index is 0.0440. The van der Waals surface area contributed by atoms with Crippen LogP contribution in [-0.2, 0) is 24.7 Å². The molecule has 1 amide bonds. The van der Waals surface area contributed by atoms with Gasteiger partial charge in [0.15, 0.2) is 11.0 Å². The van der Waals surface area contributed by atoms with Crippen molar-refractivity contribution >= 4 is 40.4 Å². The molecule has 0 N–H and O–H groups in total. The van der Waals surface area contributed by atoms with Gasteiger partial charge in [0, 0.05) is 7.05 Å². The van der Waals surface area contributed by atoms with Gasteiger partial charge in [-0.15, -0.1) is 21.5 Å². The van der Waals surface area contributed by atoms with Gasteiger partial charge >= 0.3 is 0 Å². The highest BCUT2D eigenvalue weighted by molar-refractivity contribution is 7.99. The number of amides is 1. The molecular weight excluding hydrogens is 412 g/mol. The van der Waals surface area contributed by atoms with Crippen LogP contribution in [0.3, 0.4) is 0 Å². The molecule has 0 atom stereocenters. The van der Waals surface area contributed by atoms with Crippen molar-refractivity contribution in [1.82, 2.24) is 14.8 Å². The van der Waals surface area contributed by atoms with E-state index < -0.39 is 0 Å². The van der Waals surface area contributed by atoms with Gasteiger partial charge in [0.2, 0.25) is 5.91 Å². The van der Waals surface area contributed by atoms with Crippen LogP contribution in [0.2, 0.25) is 0 Å². The summed E-state index contributed by atoms with van der Waals surface area (Å²) < 4.78 is 1.95. The van der Waals surface area contributed by atoms with Crippen molar-refractivity contribution in [1.29, 1.82) is 0 Å². The highest BCUT2D eigenvalue weighted by atomic mass is 32.2. The smallest absolute Gasteiger partial charge is 0.242 e. The zero-order valence-electron chi connectivity index (χ0n) is 16.5. The monoisotopic (exact) mass is 432 g/mol. The molecule has 30 heavy (non-hydrogen) atoms. The van der Waals surface area contributed by atoms with Gasteiger partial charge in [-0.05, 0) is 47.5 Å². The zero-order valence-corrected chi connectivity index (χ0v) is 18.1. The first-order chi connectivity index (χ1) is 14.7. The summed E-state index contributed by atoms with van der Waals surface area (Å²) in [5.74, 6) is 1.16. The largest absolute Gasteiger partial charge is 0.304 e. The number of aromatic nitrogens is 3. The summed E-state index contributed by atoms with van der Waals surface area (Å²) >= 11 is 3.06. The molecule has 2 aromatic heterocycles. The number of hydrogen-bond acceptors (Lipinski definition) is 5. The Kier molecular flexibility index (Phi) is 5.14. The fraction of sp³-hybridized carbons (Fsp3) is 0.174. The lowest BCUT2D eigenvalue weighted by atomic mass is 10.0. The molecule has 4 aromatic rings. The van der Waals surface area contributed by atoms with Gasteiger partial charge in [-0.2, -0.15) is 0 Å². The van der Waals surface area contributed by atoms with E-state index >= 15 is 0 Å². The Morgan fingerprint density at radius 2 is 1.63 bits per heavy atom. The van der Waals surface area contributed by atoms with E-state index in [0.717, 1.165) is 40.1 Å². The lowest BCUT2D eigenvalue weighted by molar-refractivity contribution is -0.115. The fourth-order valence-corrected chi connectivity index (χ4v) is 5.30. The van der Waals surface area contributed by atoms with Crippen LogP contribution in [0, 0.1) is 0 Å². The van der Waals surface area contributed by atoms with E-state index in [2.05, 4.69) is 22.3 Å². The highest BCUT2D eigenvalue weighted by Crippen LogP contribution is 2.37. The molecule has 1 aliphatic rings. The van der Waals surface area contributed by atoms with Crippen LogP contribution in [0.25, 0.3) is 10.7 Å². The number of thioether (sulfide) groups is 1. The lowest BCUT2D eigenvalue weighted by Gasteiger charge is -2.24. The van der Waals surface area contributed by atoms with Crippen molar-refractivity contribution in [2.24, 2.45) is 7.05 Å². The molecule has 0 aliphatic carbocycles. The molecule has 150 valence electrons. The topological polar surface area (TPSA) is 51.0 Å². The minimum Gasteiger partial charge on any atom is -0.304 e. The van der Waals surface area contributed by atoms with Gasteiger partial charge in [-0.3, -0.25) is 9.69 Å². The first-order valence-electron chi connectivity index (χ1n) is 9.77. The van der Waals surface area contributed by atoms with Gasteiger partial charge < -0.3 is 4.57 Å². The van der Waals surface area contributed by atoms with Gasteiger partial charge in [0.05, 0.1) is 22.0 Å². The molecule has 0 saturated heterocycles. The standard InChI is InChI=1S/C23H20N4OS2/c1-26-22(20-11-6-14-29-20)24-25-23(26)30-15-21(28)27-18-9-4-2-7-16(18)12-13-17-8-3-5-10-19(17)27/h2-11,14H,12-13,15H2,1H3. The summed E-state index contributed by atoms with van der Waals surface area (Å²) in [6.07, 6.45) is 1.86. The second-order valence-corrected chi connectivity index (χ2v) is 9.01. The van der Waals surface area contributed by atoms with E-state index in [4.69, 9.17) is 0 Å². The number of rotatable bonds is 4. The van der Waals surface area contributed by atoms with Crippen LogP contribution in [0.1, 0.15) is 11.1 Å². The molecular formula is C23H20N4OS2. The summed E-state index contributed by atoms with van der Waals surface area (Å²) in [4.78, 5) is 16.4. The van der Waals surface area contributed by atoms with E-state index in [0.29, 0.717) is 5.75 Å². The van der Waals surface area contributed by atoms with E-state index in [-0.39, 0.29) is 5.91 Å². The van der Waals surface area contributed by atoms with Crippen molar-refractivity contribution in [2.75, 3.05) is 10.7 Å². The molecule has 0 unspecified atom stereocenters. The van der Waals surface area contributed by atoms with Gasteiger partial charge in [0.25, 0.3) is 0 Å². The second-order valence-electron chi connectivity index (χ2n) is 7.12. The molecule has 0 saturated carbocycles. The Morgan fingerprint density at radius 1 is 0.967 bits per heavy atom. The summed E-state index contributed by atoms with van der Waals surface area (Å²) in [5, 5.41) is 11.4. The molecule has 5 rings (SSSR count). The molecule has 1 aliphatic heterocycles. The van der Waals surface area contributed by atoms with Crippen LogP contribution in [0.15, 0.2) is 71.2 Å². The van der Waals surface area contributed by atoms with Crippen LogP contribution < -0.4 is 4.90 Å². The third-order valence-corrected chi connectivity index (χ3v) is 7.15. The van der Waals surface area contributed by atoms with Crippen LogP contribution in [-0.4, -0.2) is 26.4 Å². The number of nitrogens with zero attached hydrogens (tertiary/aromatic N) is 4. The predicted molar refractivity (Wildman–Crippen MR) is 122 cm³/mol. The highest BCUT2D eigenvalue weighted by Gasteiger charge is 2.26. The molecule has 0 bridgehead atoms. The maximum atomic E-state index is 13.4. The summed E-state index contributed by atoms with van der Waals surface area (Å²) in [6.45, 7) is 0. The molecule has 5 nitrogen and oxygen atoms in total.